The largest absolute Gasteiger partial charge is 0.550 e. The average molecular weight is 183 g/mol. The van der Waals surface area contributed by atoms with Gasteiger partial charge in [0, 0.05) is 12.4 Å². The smallest absolute Gasteiger partial charge is 0.130 e. The Labute approximate surface area is 78.1 Å². The van der Waals surface area contributed by atoms with Gasteiger partial charge in [-0.3, -0.25) is 0 Å². The van der Waals surface area contributed by atoms with Crippen molar-refractivity contribution in [2.45, 2.75) is 33.6 Å². The lowest BCUT2D eigenvalue weighted by Crippen LogP contribution is -2.23. The van der Waals surface area contributed by atoms with Gasteiger partial charge in [0.2, 0.25) is 0 Å². The molecule has 1 fully saturated rings. The molecule has 0 spiro atoms. The Morgan fingerprint density at radius 2 is 1.69 bits per heavy atom. The number of hydrogen-bond donors (Lipinski definition) is 0. The predicted octanol–water partition coefficient (Wildman–Crippen LogP) is 0.378. The maximum atomic E-state index is 10.9. The summed E-state index contributed by atoms with van der Waals surface area (Å²) < 4.78 is 0. The van der Waals surface area contributed by atoms with Crippen LogP contribution in [0, 0.1) is 17.3 Å². The topological polar surface area (TPSA) is 57.2 Å². The summed E-state index contributed by atoms with van der Waals surface area (Å²) in [5.74, 6) is -0.507. The minimum Gasteiger partial charge on any atom is -0.550 e. The fraction of sp³-hybridized carbons (Fsp3) is 0.800. The first kappa shape index (κ1) is 10.2. The van der Waals surface area contributed by atoms with Gasteiger partial charge in [-0.15, -0.1) is 0 Å². The minimum absolute atomic E-state index is 0.00569. The Morgan fingerprint density at radius 1 is 1.23 bits per heavy atom. The number of rotatable bonds is 4. The fourth-order valence-corrected chi connectivity index (χ4v) is 2.16. The summed E-state index contributed by atoms with van der Waals surface area (Å²) in [6, 6.07) is 0. The second-order valence-corrected chi connectivity index (χ2v) is 4.52. The summed E-state index contributed by atoms with van der Waals surface area (Å²) in [6.45, 7) is 5.56. The van der Waals surface area contributed by atoms with Gasteiger partial charge in [-0.2, -0.15) is 0 Å². The molecule has 0 saturated heterocycles. The third-order valence-corrected chi connectivity index (χ3v) is 3.18. The monoisotopic (exact) mass is 183 g/mol. The molecule has 0 N–H and O–H groups in total. The van der Waals surface area contributed by atoms with E-state index in [4.69, 9.17) is 0 Å². The second-order valence-electron chi connectivity index (χ2n) is 4.52. The van der Waals surface area contributed by atoms with E-state index in [9.17, 15) is 14.7 Å². The third kappa shape index (κ3) is 2.08. The van der Waals surface area contributed by atoms with Gasteiger partial charge in [0.05, 0.1) is 0 Å². The second kappa shape index (κ2) is 3.13. The first-order valence-electron chi connectivity index (χ1n) is 4.55. The van der Waals surface area contributed by atoms with Gasteiger partial charge in [0.25, 0.3) is 0 Å². The van der Waals surface area contributed by atoms with E-state index in [0.29, 0.717) is 6.42 Å². The van der Waals surface area contributed by atoms with Crippen LogP contribution in [0.4, 0.5) is 0 Å². The molecule has 2 atom stereocenters. The summed E-state index contributed by atoms with van der Waals surface area (Å²) in [7, 11) is 0. The lowest BCUT2D eigenvalue weighted by molar-refractivity contribution is -0.306. The van der Waals surface area contributed by atoms with Crippen LogP contribution < -0.4 is 5.11 Å². The molecular weight excluding hydrogens is 168 g/mol. The van der Waals surface area contributed by atoms with E-state index in [0.717, 1.165) is 0 Å². The normalized spacial score (nSPS) is 29.8. The minimum atomic E-state index is -1.01. The molecule has 3 heteroatoms. The van der Waals surface area contributed by atoms with Crippen molar-refractivity contribution in [3.63, 3.8) is 0 Å². The molecule has 74 valence electrons. The van der Waals surface area contributed by atoms with E-state index < -0.39 is 5.97 Å². The molecular formula is C10H15O3-. The van der Waals surface area contributed by atoms with E-state index in [1.807, 2.05) is 13.8 Å². The van der Waals surface area contributed by atoms with Crippen LogP contribution in [0.2, 0.25) is 0 Å². The number of ketones is 1. The molecule has 0 aromatic carbocycles. The summed E-state index contributed by atoms with van der Waals surface area (Å²) in [5, 5.41) is 10.4. The molecule has 1 saturated carbocycles. The fourth-order valence-electron chi connectivity index (χ4n) is 2.16. The molecule has 0 aromatic rings. The lowest BCUT2D eigenvalue weighted by Gasteiger charge is -2.02. The van der Waals surface area contributed by atoms with Crippen molar-refractivity contribution in [1.82, 2.24) is 0 Å². The number of Topliss-reactive ketones (excluding diaryl/α,β-unsaturated/α-hetero) is 1. The van der Waals surface area contributed by atoms with Crippen LogP contribution in [0.3, 0.4) is 0 Å². The van der Waals surface area contributed by atoms with E-state index in [1.54, 1.807) is 6.92 Å². The highest BCUT2D eigenvalue weighted by Crippen LogP contribution is 2.61. The van der Waals surface area contributed by atoms with Gasteiger partial charge < -0.3 is 14.7 Å². The summed E-state index contributed by atoms with van der Waals surface area (Å²) in [6.07, 6.45) is 0.593. The van der Waals surface area contributed by atoms with Crippen LogP contribution >= 0.6 is 0 Å². The Hall–Kier alpha value is -0.860. The third-order valence-electron chi connectivity index (χ3n) is 3.18. The average Bonchev–Trinajstić information content (AvgIpc) is 2.36. The summed E-state index contributed by atoms with van der Waals surface area (Å²) in [4.78, 5) is 21.2. The molecule has 0 amide bonds. The molecule has 0 aliphatic heterocycles. The predicted molar refractivity (Wildman–Crippen MR) is 45.7 cm³/mol. The molecule has 3 nitrogen and oxygen atoms in total. The van der Waals surface area contributed by atoms with Gasteiger partial charge in [0.15, 0.2) is 0 Å². The zero-order chi connectivity index (χ0) is 10.2. The summed E-state index contributed by atoms with van der Waals surface area (Å²) in [5.41, 5.74) is 0.00569. The van der Waals surface area contributed by atoms with Crippen molar-refractivity contribution in [3.05, 3.63) is 0 Å². The standard InChI is InChI=1S/C10H16O3/c1-6(11)4-7-8(5-9(12)13)10(7,2)3/h7-8H,4-5H2,1-3H3,(H,12,13)/p-1/t7-,8-/m1/s1. The van der Waals surface area contributed by atoms with Crippen LogP contribution in [-0.2, 0) is 9.59 Å². The number of carboxylic acid groups (broad SMARTS) is 1. The van der Waals surface area contributed by atoms with Crippen molar-refractivity contribution in [1.29, 1.82) is 0 Å². The van der Waals surface area contributed by atoms with E-state index in [2.05, 4.69) is 0 Å². The van der Waals surface area contributed by atoms with Crippen molar-refractivity contribution < 1.29 is 14.7 Å². The van der Waals surface area contributed by atoms with Crippen molar-refractivity contribution in [3.8, 4) is 0 Å². The Bertz CT molecular complexity index is 219. The SMILES string of the molecule is CC(=O)C[C@@H]1[C@@H](CC(=O)[O-])C1(C)C. The zero-order valence-corrected chi connectivity index (χ0v) is 8.29. The van der Waals surface area contributed by atoms with E-state index in [-0.39, 0.29) is 29.5 Å². The molecule has 0 bridgehead atoms. The van der Waals surface area contributed by atoms with Crippen LogP contribution in [0.1, 0.15) is 33.6 Å². The zero-order valence-electron chi connectivity index (χ0n) is 8.29. The highest BCUT2D eigenvalue weighted by Gasteiger charge is 2.56. The maximum Gasteiger partial charge on any atom is 0.130 e. The van der Waals surface area contributed by atoms with E-state index in [1.165, 1.54) is 0 Å². The maximum absolute atomic E-state index is 10.9. The molecule has 13 heavy (non-hydrogen) atoms. The van der Waals surface area contributed by atoms with Gasteiger partial charge in [0.1, 0.15) is 5.78 Å². The van der Waals surface area contributed by atoms with Gasteiger partial charge in [-0.25, -0.2) is 0 Å². The number of carbonyl (C=O) groups excluding carboxylic acids is 2. The van der Waals surface area contributed by atoms with Crippen LogP contribution in [-0.4, -0.2) is 11.8 Å². The molecule has 1 aliphatic rings. The number of aliphatic carboxylic acids is 1. The van der Waals surface area contributed by atoms with Gasteiger partial charge in [-0.1, -0.05) is 13.8 Å². The molecule has 1 aliphatic carbocycles. The Kier molecular flexibility index (Phi) is 2.46. The molecule has 0 radical (unpaired) electrons. The highest BCUT2D eigenvalue weighted by atomic mass is 16.4. The van der Waals surface area contributed by atoms with Gasteiger partial charge >= 0.3 is 0 Å². The van der Waals surface area contributed by atoms with Crippen molar-refractivity contribution >= 4 is 11.8 Å². The Morgan fingerprint density at radius 3 is 2.08 bits per heavy atom. The van der Waals surface area contributed by atoms with Crippen LogP contribution in [0.15, 0.2) is 0 Å². The lowest BCUT2D eigenvalue weighted by atomic mass is 10.1. The molecule has 0 aromatic heterocycles. The highest BCUT2D eigenvalue weighted by molar-refractivity contribution is 5.76. The Balaban J connectivity index is 2.50. The van der Waals surface area contributed by atoms with Crippen LogP contribution in [0.25, 0.3) is 0 Å². The van der Waals surface area contributed by atoms with Gasteiger partial charge in [-0.05, 0) is 30.6 Å². The first-order chi connectivity index (χ1) is 5.85. The number of carboxylic acids is 1. The van der Waals surface area contributed by atoms with E-state index >= 15 is 0 Å². The van der Waals surface area contributed by atoms with Crippen molar-refractivity contribution in [2.75, 3.05) is 0 Å². The van der Waals surface area contributed by atoms with Crippen molar-refractivity contribution in [2.24, 2.45) is 17.3 Å². The molecule has 0 unspecified atom stereocenters. The quantitative estimate of drug-likeness (QED) is 0.633. The first-order valence-corrected chi connectivity index (χ1v) is 4.55. The summed E-state index contributed by atoms with van der Waals surface area (Å²) >= 11 is 0. The number of carbonyl (C=O) groups is 2. The molecule has 1 rings (SSSR count). The van der Waals surface area contributed by atoms with Crippen LogP contribution in [0.5, 0.6) is 0 Å². The molecule has 0 heterocycles. The number of hydrogen-bond acceptors (Lipinski definition) is 3.